The third-order valence-electron chi connectivity index (χ3n) is 2.83. The number of hydrogen-bond donors (Lipinski definition) is 0. The van der Waals surface area contributed by atoms with E-state index in [0.717, 1.165) is 27.1 Å². The van der Waals surface area contributed by atoms with Gasteiger partial charge < -0.3 is 0 Å². The lowest BCUT2D eigenvalue weighted by atomic mass is 10.2. The van der Waals surface area contributed by atoms with E-state index >= 15 is 0 Å². The highest BCUT2D eigenvalue weighted by molar-refractivity contribution is 7.98. The van der Waals surface area contributed by atoms with Gasteiger partial charge in [-0.2, -0.15) is 5.10 Å². The largest absolute Gasteiger partial charge is 0.207 e. The van der Waals surface area contributed by atoms with Crippen LogP contribution in [0.2, 0.25) is 0 Å². The van der Waals surface area contributed by atoms with Crippen molar-refractivity contribution in [3.05, 3.63) is 66.1 Å². The Hall–Kier alpha value is -1.94. The Balaban J connectivity index is 1.84. The van der Waals surface area contributed by atoms with Gasteiger partial charge in [0.25, 0.3) is 0 Å². The van der Waals surface area contributed by atoms with E-state index < -0.39 is 0 Å². The maximum Gasteiger partial charge on any atom is 0.127 e. The van der Waals surface area contributed by atoms with E-state index in [1.807, 2.05) is 24.3 Å². The lowest BCUT2D eigenvalue weighted by Crippen LogP contribution is -1.88. The summed E-state index contributed by atoms with van der Waals surface area (Å²) in [5.74, 6) is 0.543. The summed E-state index contributed by atoms with van der Waals surface area (Å²) in [5, 5.41) is 11.3. The minimum atomic E-state index is -0.210. The highest BCUT2D eigenvalue weighted by Crippen LogP contribution is 2.27. The van der Waals surface area contributed by atoms with Crippen molar-refractivity contribution in [1.29, 1.82) is 0 Å². The molecule has 0 saturated heterocycles. The molecule has 0 aliphatic rings. The van der Waals surface area contributed by atoms with Gasteiger partial charge in [0.1, 0.15) is 10.8 Å². The molecule has 94 valence electrons. The van der Waals surface area contributed by atoms with Gasteiger partial charge in [-0.25, -0.2) is 4.39 Å². The van der Waals surface area contributed by atoms with Crippen LogP contribution in [-0.4, -0.2) is 10.2 Å². The monoisotopic (exact) mass is 270 g/mol. The van der Waals surface area contributed by atoms with Crippen molar-refractivity contribution < 1.29 is 4.39 Å². The van der Waals surface area contributed by atoms with Crippen molar-refractivity contribution in [2.75, 3.05) is 0 Å². The average Bonchev–Trinajstić information content (AvgIpc) is 2.47. The zero-order valence-electron chi connectivity index (χ0n) is 10.1. The zero-order chi connectivity index (χ0) is 13.1. The minimum absolute atomic E-state index is 0.210. The maximum absolute atomic E-state index is 12.8. The van der Waals surface area contributed by atoms with Gasteiger partial charge in [-0.3, -0.25) is 0 Å². The molecule has 2 aromatic carbocycles. The first-order chi connectivity index (χ1) is 9.33. The minimum Gasteiger partial charge on any atom is -0.207 e. The normalized spacial score (nSPS) is 10.8. The van der Waals surface area contributed by atoms with Gasteiger partial charge in [0, 0.05) is 16.5 Å². The molecular weight excluding hydrogens is 259 g/mol. The molecular formula is C15H11FN2S. The molecule has 1 heterocycles. The molecule has 19 heavy (non-hydrogen) atoms. The van der Waals surface area contributed by atoms with E-state index in [4.69, 9.17) is 0 Å². The Labute approximate surface area is 114 Å². The van der Waals surface area contributed by atoms with Crippen molar-refractivity contribution in [3.8, 4) is 0 Å². The lowest BCUT2D eigenvalue weighted by molar-refractivity contribution is 0.627. The van der Waals surface area contributed by atoms with Gasteiger partial charge in [-0.05, 0) is 17.7 Å². The molecule has 0 atom stereocenters. The van der Waals surface area contributed by atoms with E-state index in [1.54, 1.807) is 30.1 Å². The summed E-state index contributed by atoms with van der Waals surface area (Å²) >= 11 is 1.61. The number of halogens is 1. The van der Waals surface area contributed by atoms with Gasteiger partial charge in [0.15, 0.2) is 0 Å². The maximum atomic E-state index is 12.8. The van der Waals surface area contributed by atoms with E-state index in [1.165, 1.54) is 12.1 Å². The van der Waals surface area contributed by atoms with E-state index in [9.17, 15) is 4.39 Å². The van der Waals surface area contributed by atoms with Crippen LogP contribution in [0.3, 0.4) is 0 Å². The van der Waals surface area contributed by atoms with Crippen LogP contribution < -0.4 is 0 Å². The van der Waals surface area contributed by atoms with Crippen LogP contribution in [0.5, 0.6) is 0 Å². The molecule has 0 bridgehead atoms. The quantitative estimate of drug-likeness (QED) is 0.671. The Morgan fingerprint density at radius 3 is 2.63 bits per heavy atom. The van der Waals surface area contributed by atoms with Gasteiger partial charge in [-0.1, -0.05) is 48.2 Å². The molecule has 0 N–H and O–H groups in total. The number of hydrogen-bond acceptors (Lipinski definition) is 3. The molecule has 0 aliphatic carbocycles. The summed E-state index contributed by atoms with van der Waals surface area (Å²) in [6.07, 6.45) is 1.76. The second-order valence-corrected chi connectivity index (χ2v) is 5.12. The van der Waals surface area contributed by atoms with Crippen LogP contribution in [0.25, 0.3) is 10.8 Å². The lowest BCUT2D eigenvalue weighted by Gasteiger charge is -2.04. The smallest absolute Gasteiger partial charge is 0.127 e. The van der Waals surface area contributed by atoms with E-state index in [2.05, 4.69) is 10.2 Å². The standard InChI is InChI=1S/C15H11FN2S/c16-13-7-5-11(6-8-13)10-19-15-14-4-2-1-3-12(14)9-17-18-15/h1-9H,10H2. The fraction of sp³-hybridized carbons (Fsp3) is 0.0667. The molecule has 0 radical (unpaired) electrons. The number of aromatic nitrogens is 2. The molecule has 0 aliphatic heterocycles. The summed E-state index contributed by atoms with van der Waals surface area (Å²) < 4.78 is 12.8. The van der Waals surface area contributed by atoms with Crippen LogP contribution in [0.15, 0.2) is 59.8 Å². The van der Waals surface area contributed by atoms with Crippen molar-refractivity contribution >= 4 is 22.5 Å². The van der Waals surface area contributed by atoms with Crippen molar-refractivity contribution in [3.63, 3.8) is 0 Å². The molecule has 0 amide bonds. The fourth-order valence-corrected chi connectivity index (χ4v) is 2.78. The molecule has 2 nitrogen and oxygen atoms in total. The molecule has 0 spiro atoms. The first kappa shape index (κ1) is 12.1. The predicted molar refractivity (Wildman–Crippen MR) is 75.5 cm³/mol. The first-order valence-corrected chi connectivity index (χ1v) is 6.89. The summed E-state index contributed by atoms with van der Waals surface area (Å²) in [7, 11) is 0. The highest BCUT2D eigenvalue weighted by Gasteiger charge is 2.04. The third kappa shape index (κ3) is 2.74. The highest BCUT2D eigenvalue weighted by atomic mass is 32.2. The summed E-state index contributed by atoms with van der Waals surface area (Å²) in [6.45, 7) is 0. The number of fused-ring (bicyclic) bond motifs is 1. The van der Waals surface area contributed by atoms with Gasteiger partial charge in [0.05, 0.1) is 6.20 Å². The summed E-state index contributed by atoms with van der Waals surface area (Å²) in [4.78, 5) is 0. The topological polar surface area (TPSA) is 25.8 Å². The van der Waals surface area contributed by atoms with Crippen LogP contribution in [0, 0.1) is 5.82 Å². The van der Waals surface area contributed by atoms with Gasteiger partial charge in [0.2, 0.25) is 0 Å². The van der Waals surface area contributed by atoms with Crippen molar-refractivity contribution in [2.45, 2.75) is 10.8 Å². The number of rotatable bonds is 3. The third-order valence-corrected chi connectivity index (χ3v) is 3.88. The number of nitrogens with zero attached hydrogens (tertiary/aromatic N) is 2. The molecule has 3 aromatic rings. The number of benzene rings is 2. The molecule has 0 saturated carbocycles. The predicted octanol–water partition coefficient (Wildman–Crippen LogP) is 4.06. The summed E-state index contributed by atoms with van der Waals surface area (Å²) in [6, 6.07) is 14.6. The van der Waals surface area contributed by atoms with Crippen LogP contribution in [-0.2, 0) is 5.75 Å². The number of thioether (sulfide) groups is 1. The van der Waals surface area contributed by atoms with Gasteiger partial charge in [-0.15, -0.1) is 5.10 Å². The molecule has 1 aromatic heterocycles. The second-order valence-electron chi connectivity index (χ2n) is 4.15. The van der Waals surface area contributed by atoms with Crippen LogP contribution in [0.1, 0.15) is 5.56 Å². The Morgan fingerprint density at radius 2 is 1.79 bits per heavy atom. The first-order valence-electron chi connectivity index (χ1n) is 5.90. The zero-order valence-corrected chi connectivity index (χ0v) is 10.9. The van der Waals surface area contributed by atoms with Crippen molar-refractivity contribution in [2.24, 2.45) is 0 Å². The molecule has 0 fully saturated rings. The average molecular weight is 270 g/mol. The molecule has 3 rings (SSSR count). The van der Waals surface area contributed by atoms with Crippen LogP contribution >= 0.6 is 11.8 Å². The fourth-order valence-electron chi connectivity index (χ4n) is 1.84. The Morgan fingerprint density at radius 1 is 1.00 bits per heavy atom. The molecule has 4 heteroatoms. The van der Waals surface area contributed by atoms with Gasteiger partial charge >= 0.3 is 0 Å². The van der Waals surface area contributed by atoms with Crippen molar-refractivity contribution in [1.82, 2.24) is 10.2 Å². The van der Waals surface area contributed by atoms with Crippen LogP contribution in [0.4, 0.5) is 4.39 Å². The Kier molecular flexibility index (Phi) is 3.42. The Bertz CT molecular complexity index is 693. The van der Waals surface area contributed by atoms with E-state index in [0.29, 0.717) is 0 Å². The molecule has 0 unspecified atom stereocenters. The summed E-state index contributed by atoms with van der Waals surface area (Å²) in [5.41, 5.74) is 1.07. The second kappa shape index (κ2) is 5.36. The SMILES string of the molecule is Fc1ccc(CSc2nncc3ccccc23)cc1. The van der Waals surface area contributed by atoms with E-state index in [-0.39, 0.29) is 5.82 Å².